The first-order valence-electron chi connectivity index (χ1n) is 14.3. The van der Waals surface area contributed by atoms with Gasteiger partial charge in [-0.2, -0.15) is 12.6 Å². The molecule has 0 bridgehead atoms. The number of H-pyrrole nitrogens is 1. The zero-order valence-corrected chi connectivity index (χ0v) is 26.5. The first kappa shape index (κ1) is 30.8. The number of ether oxygens (including phenoxy) is 1. The maximum absolute atomic E-state index is 13.3. The third kappa shape index (κ3) is 6.49. The van der Waals surface area contributed by atoms with E-state index in [9.17, 15) is 9.59 Å². The van der Waals surface area contributed by atoms with Gasteiger partial charge in [0.25, 0.3) is 5.91 Å². The van der Waals surface area contributed by atoms with Crippen molar-refractivity contribution in [2.45, 2.75) is 43.4 Å². The summed E-state index contributed by atoms with van der Waals surface area (Å²) < 4.78 is 5.57. The number of nitrogens with zero attached hydrogens (tertiary/aromatic N) is 3. The summed E-state index contributed by atoms with van der Waals surface area (Å²) in [5.74, 6) is 7.14. The van der Waals surface area contributed by atoms with Crippen LogP contribution in [0.4, 0.5) is 11.4 Å². The second kappa shape index (κ2) is 12.9. The van der Waals surface area contributed by atoms with Crippen molar-refractivity contribution in [3.8, 4) is 28.8 Å². The molecule has 0 saturated carbocycles. The Kier molecular flexibility index (Phi) is 9.25. The molecule has 11 heteroatoms. The third-order valence-electron chi connectivity index (χ3n) is 7.88. The zero-order valence-electron chi connectivity index (χ0n) is 24.9. The number of fused-ring (bicyclic) bond motifs is 1. The number of anilines is 2. The molecule has 2 aromatic heterocycles. The maximum atomic E-state index is 13.3. The van der Waals surface area contributed by atoms with Crippen molar-refractivity contribution in [2.75, 3.05) is 46.2 Å². The number of aromatic amines is 1. The Morgan fingerprint density at radius 2 is 2.16 bits per heavy atom. The smallest absolute Gasteiger partial charge is 0.255 e. The van der Waals surface area contributed by atoms with E-state index in [-0.39, 0.29) is 17.1 Å². The van der Waals surface area contributed by atoms with Crippen LogP contribution in [0.5, 0.6) is 5.75 Å². The number of carbonyl (C=O) groups is 2. The number of benzene rings is 1. The Morgan fingerprint density at radius 3 is 2.93 bits per heavy atom. The van der Waals surface area contributed by atoms with E-state index in [1.807, 2.05) is 49.0 Å². The second-order valence-corrected chi connectivity index (χ2v) is 12.5. The van der Waals surface area contributed by atoms with Crippen molar-refractivity contribution in [1.82, 2.24) is 25.1 Å². The first-order chi connectivity index (χ1) is 20.6. The van der Waals surface area contributed by atoms with Crippen molar-refractivity contribution in [2.24, 2.45) is 0 Å². The molecular formula is C32H37ClN6O3S. The van der Waals surface area contributed by atoms with Gasteiger partial charge in [0.05, 0.1) is 40.3 Å². The van der Waals surface area contributed by atoms with Gasteiger partial charge in [0.15, 0.2) is 5.75 Å². The summed E-state index contributed by atoms with van der Waals surface area (Å²) in [6.07, 6.45) is 6.10. The van der Waals surface area contributed by atoms with Crippen molar-refractivity contribution < 1.29 is 14.3 Å². The average Bonchev–Trinajstić information content (AvgIpc) is 3.53. The number of methoxy groups -OCH3 is 1. The lowest BCUT2D eigenvalue weighted by Crippen LogP contribution is -2.45. The number of aromatic nitrogens is 2. The predicted octanol–water partition coefficient (Wildman–Crippen LogP) is 4.75. The number of nitrogens with one attached hydrogen (secondary N) is 3. The van der Waals surface area contributed by atoms with Crippen LogP contribution in [-0.2, 0) is 11.2 Å². The maximum Gasteiger partial charge on any atom is 0.255 e. The normalized spacial score (nSPS) is 18.5. The molecule has 3 N–H and O–H groups in total. The summed E-state index contributed by atoms with van der Waals surface area (Å²) in [7, 11) is 5.51. The fourth-order valence-corrected chi connectivity index (χ4v) is 6.60. The van der Waals surface area contributed by atoms with Crippen molar-refractivity contribution in [3.05, 3.63) is 58.5 Å². The fourth-order valence-electron chi connectivity index (χ4n) is 5.86. The van der Waals surface area contributed by atoms with E-state index in [1.54, 1.807) is 25.6 Å². The van der Waals surface area contributed by atoms with Gasteiger partial charge in [0.2, 0.25) is 5.91 Å². The number of likely N-dealkylation sites (tertiary alicyclic amines) is 1. The van der Waals surface area contributed by atoms with Crippen LogP contribution in [0.2, 0.25) is 5.02 Å². The van der Waals surface area contributed by atoms with Crippen LogP contribution in [-0.4, -0.2) is 83.2 Å². The van der Waals surface area contributed by atoms with E-state index >= 15 is 0 Å². The monoisotopic (exact) mass is 620 g/mol. The molecule has 2 aliphatic heterocycles. The number of pyridine rings is 1. The highest BCUT2D eigenvalue weighted by Gasteiger charge is 2.38. The molecule has 43 heavy (non-hydrogen) atoms. The van der Waals surface area contributed by atoms with Gasteiger partial charge >= 0.3 is 0 Å². The fraction of sp³-hybridized carbons (Fsp3) is 0.406. The zero-order chi connectivity index (χ0) is 30.7. The Hall–Kier alpha value is -3.65. The topological polar surface area (TPSA) is 103 Å². The number of thiol groups is 1. The summed E-state index contributed by atoms with van der Waals surface area (Å²) in [5, 5.41) is 6.77. The molecule has 226 valence electrons. The highest BCUT2D eigenvalue weighted by atomic mass is 35.5. The highest BCUT2D eigenvalue weighted by molar-refractivity contribution is 7.81. The third-order valence-corrected chi connectivity index (χ3v) is 8.52. The average molecular weight is 621 g/mol. The number of halogens is 1. The molecule has 1 aromatic carbocycles. The van der Waals surface area contributed by atoms with Crippen LogP contribution in [0.3, 0.4) is 0 Å². The quantitative estimate of drug-likeness (QED) is 0.214. The molecule has 5 rings (SSSR count). The van der Waals surface area contributed by atoms with Crippen LogP contribution >= 0.6 is 24.2 Å². The van der Waals surface area contributed by atoms with Crippen LogP contribution < -0.4 is 15.4 Å². The summed E-state index contributed by atoms with van der Waals surface area (Å²) >= 11 is 11.0. The van der Waals surface area contributed by atoms with Gasteiger partial charge in [-0.15, -0.1) is 0 Å². The van der Waals surface area contributed by atoms with Crippen molar-refractivity contribution >= 4 is 47.4 Å². The van der Waals surface area contributed by atoms with Crippen LogP contribution in [0.25, 0.3) is 11.3 Å². The largest absolute Gasteiger partial charge is 0.493 e. The summed E-state index contributed by atoms with van der Waals surface area (Å²) in [5.41, 5.74) is 4.17. The molecule has 1 saturated heterocycles. The SMILES string of the molecule is COc1c(Cl)cccc1Nc1c(-c2ccncc2C#C[C@@]2(C)CCCN2C(=O)C[C@H](S)CN(C)C)[nH]c2c1C(=O)NCC2. The lowest BCUT2D eigenvalue weighted by molar-refractivity contribution is -0.133. The molecule has 1 fully saturated rings. The van der Waals surface area contributed by atoms with E-state index < -0.39 is 5.54 Å². The van der Waals surface area contributed by atoms with Gasteiger partial charge in [-0.25, -0.2) is 0 Å². The predicted molar refractivity (Wildman–Crippen MR) is 174 cm³/mol. The summed E-state index contributed by atoms with van der Waals surface area (Å²) in [4.78, 5) is 38.2. The standard InChI is InChI=1S/C32H37ClN6O3S/c1-32(12-6-16-39(32)26(40)17-21(43)19-38(2)3)13-9-20-18-34-14-10-22(20)28-29(27-24(36-28)11-15-35-31(27)41)37-25-8-5-7-23(33)30(25)42-4/h5,7-8,10,14,18,21,36-37,43H,6,11-12,15-17,19H2,1-4H3,(H,35,41)/t21-,32+/m0/s1. The van der Waals surface area contributed by atoms with E-state index in [1.165, 1.54) is 0 Å². The Balaban J connectivity index is 1.53. The molecular weight excluding hydrogens is 584 g/mol. The van der Waals surface area contributed by atoms with Crippen LogP contribution in [0.15, 0.2) is 36.7 Å². The molecule has 0 spiro atoms. The van der Waals surface area contributed by atoms with E-state index in [2.05, 4.69) is 45.1 Å². The second-order valence-electron chi connectivity index (χ2n) is 11.4. The van der Waals surface area contributed by atoms with Crippen LogP contribution in [0, 0.1) is 11.8 Å². The summed E-state index contributed by atoms with van der Waals surface area (Å²) in [6, 6.07) is 7.30. The molecule has 2 atom stereocenters. The number of amides is 2. The van der Waals surface area contributed by atoms with Crippen molar-refractivity contribution in [1.29, 1.82) is 0 Å². The number of hydrogen-bond donors (Lipinski definition) is 4. The summed E-state index contributed by atoms with van der Waals surface area (Å²) in [6.45, 7) is 3.95. The van der Waals surface area contributed by atoms with Crippen LogP contribution in [0.1, 0.15) is 47.8 Å². The lowest BCUT2D eigenvalue weighted by atomic mass is 9.97. The Bertz CT molecular complexity index is 1600. The minimum atomic E-state index is -0.611. The number of rotatable bonds is 8. The van der Waals surface area contributed by atoms with E-state index in [0.29, 0.717) is 64.9 Å². The Labute approximate surface area is 263 Å². The van der Waals surface area contributed by atoms with Gasteiger partial charge in [0, 0.05) is 61.4 Å². The molecule has 0 radical (unpaired) electrons. The lowest BCUT2D eigenvalue weighted by Gasteiger charge is -2.31. The van der Waals surface area contributed by atoms with Gasteiger partial charge in [-0.05, 0) is 52.1 Å². The number of para-hydroxylation sites is 1. The van der Waals surface area contributed by atoms with E-state index in [0.717, 1.165) is 30.6 Å². The minimum Gasteiger partial charge on any atom is -0.493 e. The molecule has 9 nitrogen and oxygen atoms in total. The molecule has 2 amide bonds. The van der Waals surface area contributed by atoms with Gasteiger partial charge in [-0.3, -0.25) is 14.6 Å². The molecule has 2 aliphatic rings. The number of carbonyl (C=O) groups excluding carboxylic acids is 2. The Morgan fingerprint density at radius 1 is 1.35 bits per heavy atom. The number of hydrogen-bond acceptors (Lipinski definition) is 7. The molecule has 0 unspecified atom stereocenters. The molecule has 0 aliphatic carbocycles. The highest BCUT2D eigenvalue weighted by Crippen LogP contribution is 2.41. The van der Waals surface area contributed by atoms with Gasteiger partial charge < -0.3 is 30.2 Å². The van der Waals surface area contributed by atoms with Crippen molar-refractivity contribution in [3.63, 3.8) is 0 Å². The molecule has 4 heterocycles. The van der Waals surface area contributed by atoms with Gasteiger partial charge in [0.1, 0.15) is 5.54 Å². The minimum absolute atomic E-state index is 0.0506. The van der Waals surface area contributed by atoms with Gasteiger partial charge in [-0.1, -0.05) is 29.5 Å². The molecule has 3 aromatic rings. The van der Waals surface area contributed by atoms with E-state index in [4.69, 9.17) is 16.3 Å². The first-order valence-corrected chi connectivity index (χ1v) is 15.2.